The molecule has 1 N–H and O–H groups in total. The van der Waals surface area contributed by atoms with Gasteiger partial charge in [-0.1, -0.05) is 0 Å². The zero-order valence-electron chi connectivity index (χ0n) is 11.9. The summed E-state index contributed by atoms with van der Waals surface area (Å²) in [7, 11) is 3.29. The van der Waals surface area contributed by atoms with Crippen molar-refractivity contribution in [3.63, 3.8) is 0 Å². The van der Waals surface area contributed by atoms with Crippen molar-refractivity contribution in [2.75, 3.05) is 14.1 Å². The molecule has 0 unspecified atom stereocenters. The number of rotatable bonds is 2. The van der Waals surface area contributed by atoms with Gasteiger partial charge in [-0.25, -0.2) is 4.79 Å². The Labute approximate surface area is 115 Å². The topological polar surface area (TPSA) is 75.2 Å². The number of H-pyrrole nitrogens is 1. The molecular formula is C14H17N3O3. The van der Waals surface area contributed by atoms with E-state index in [9.17, 15) is 14.4 Å². The molecule has 6 nitrogen and oxygen atoms in total. The summed E-state index contributed by atoms with van der Waals surface area (Å²) < 4.78 is 1.16. The van der Waals surface area contributed by atoms with E-state index in [1.54, 1.807) is 40.1 Å². The van der Waals surface area contributed by atoms with Gasteiger partial charge in [-0.05, 0) is 32.0 Å². The van der Waals surface area contributed by atoms with Gasteiger partial charge in [-0.3, -0.25) is 14.2 Å². The number of carbonyl (C=O) groups is 1. The monoisotopic (exact) mass is 275 g/mol. The van der Waals surface area contributed by atoms with Crippen LogP contribution in [-0.2, 0) is 0 Å². The molecule has 1 aromatic heterocycles. The summed E-state index contributed by atoms with van der Waals surface area (Å²) in [5.74, 6) is -0.180. The number of fused-ring (bicyclic) bond motifs is 1. The molecule has 1 heterocycles. The minimum absolute atomic E-state index is 0.180. The Morgan fingerprint density at radius 3 is 2.45 bits per heavy atom. The molecular weight excluding hydrogens is 258 g/mol. The quantitative estimate of drug-likeness (QED) is 0.887. The van der Waals surface area contributed by atoms with Crippen molar-refractivity contribution in [3.05, 3.63) is 44.6 Å². The summed E-state index contributed by atoms with van der Waals surface area (Å²) in [5.41, 5.74) is -0.000925. The average molecular weight is 275 g/mol. The third-order valence-electron chi connectivity index (χ3n) is 3.10. The Hall–Kier alpha value is -2.37. The Kier molecular flexibility index (Phi) is 3.48. The number of hydrogen-bond acceptors (Lipinski definition) is 3. The van der Waals surface area contributed by atoms with Gasteiger partial charge in [0.1, 0.15) is 0 Å². The molecule has 0 aliphatic rings. The minimum atomic E-state index is -0.466. The van der Waals surface area contributed by atoms with Gasteiger partial charge in [0.05, 0.1) is 10.9 Å². The lowest BCUT2D eigenvalue weighted by molar-refractivity contribution is 0.0827. The Balaban J connectivity index is 2.74. The van der Waals surface area contributed by atoms with Crippen LogP contribution in [0.4, 0.5) is 0 Å². The highest BCUT2D eigenvalue weighted by Crippen LogP contribution is 2.11. The van der Waals surface area contributed by atoms with Gasteiger partial charge in [-0.15, -0.1) is 0 Å². The van der Waals surface area contributed by atoms with Gasteiger partial charge in [0.2, 0.25) is 0 Å². The molecule has 0 fully saturated rings. The zero-order chi connectivity index (χ0) is 15.0. The number of amides is 1. The molecule has 20 heavy (non-hydrogen) atoms. The smallest absolute Gasteiger partial charge is 0.329 e. The standard InChI is InChI=1S/C14H17N3O3/c1-8(2)17-13(19)10-6-5-9(12(18)16(3)4)7-11(10)15-14(17)20/h5-8H,1-4H3,(H,15,20). The second-order valence-electron chi connectivity index (χ2n) is 5.16. The molecule has 0 radical (unpaired) electrons. The molecule has 2 aromatic rings. The van der Waals surface area contributed by atoms with Crippen LogP contribution >= 0.6 is 0 Å². The maximum Gasteiger partial charge on any atom is 0.329 e. The zero-order valence-corrected chi connectivity index (χ0v) is 11.9. The molecule has 0 saturated heterocycles. The summed E-state index contributed by atoms with van der Waals surface area (Å²) in [6.07, 6.45) is 0. The van der Waals surface area contributed by atoms with Crippen molar-refractivity contribution >= 4 is 16.8 Å². The SMILES string of the molecule is CC(C)n1c(=O)[nH]c2cc(C(=O)N(C)C)ccc2c1=O. The first-order valence-corrected chi connectivity index (χ1v) is 6.33. The Morgan fingerprint density at radius 1 is 1.25 bits per heavy atom. The molecule has 1 aromatic carbocycles. The number of nitrogens with one attached hydrogen (secondary N) is 1. The molecule has 0 spiro atoms. The molecule has 0 aliphatic heterocycles. The molecule has 0 saturated carbocycles. The first-order valence-electron chi connectivity index (χ1n) is 6.33. The van der Waals surface area contributed by atoms with E-state index in [1.807, 2.05) is 0 Å². The van der Waals surface area contributed by atoms with Gasteiger partial charge < -0.3 is 9.88 Å². The van der Waals surface area contributed by atoms with E-state index in [0.717, 1.165) is 4.57 Å². The van der Waals surface area contributed by atoms with Crippen molar-refractivity contribution in [1.82, 2.24) is 14.5 Å². The van der Waals surface area contributed by atoms with Crippen molar-refractivity contribution in [1.29, 1.82) is 0 Å². The van der Waals surface area contributed by atoms with Crippen LogP contribution in [-0.4, -0.2) is 34.5 Å². The highest BCUT2D eigenvalue weighted by Gasteiger charge is 2.13. The highest BCUT2D eigenvalue weighted by molar-refractivity contribution is 5.97. The van der Waals surface area contributed by atoms with Gasteiger partial charge >= 0.3 is 5.69 Å². The second kappa shape index (κ2) is 4.96. The van der Waals surface area contributed by atoms with E-state index in [4.69, 9.17) is 0 Å². The third kappa shape index (κ3) is 2.24. The summed E-state index contributed by atoms with van der Waals surface area (Å²) in [6.45, 7) is 3.54. The normalized spacial score (nSPS) is 11.1. The number of benzene rings is 1. The van der Waals surface area contributed by atoms with E-state index in [1.165, 1.54) is 11.0 Å². The lowest BCUT2D eigenvalue weighted by Gasteiger charge is -2.12. The summed E-state index contributed by atoms with van der Waals surface area (Å²) in [5, 5.41) is 0.397. The van der Waals surface area contributed by atoms with Crippen LogP contribution in [0, 0.1) is 0 Å². The molecule has 2 rings (SSSR count). The predicted octanol–water partition coefficient (Wildman–Crippen LogP) is 0.972. The molecule has 0 atom stereocenters. The van der Waals surface area contributed by atoms with Crippen LogP contribution in [0.15, 0.2) is 27.8 Å². The average Bonchev–Trinajstić information content (AvgIpc) is 2.36. The third-order valence-corrected chi connectivity index (χ3v) is 3.10. The lowest BCUT2D eigenvalue weighted by atomic mass is 10.1. The van der Waals surface area contributed by atoms with E-state index in [2.05, 4.69) is 4.98 Å². The van der Waals surface area contributed by atoms with Gasteiger partial charge in [0.25, 0.3) is 11.5 Å². The van der Waals surface area contributed by atoms with Crippen LogP contribution < -0.4 is 11.2 Å². The number of aromatic amines is 1. The summed E-state index contributed by atoms with van der Waals surface area (Å²) in [4.78, 5) is 40.2. The Morgan fingerprint density at radius 2 is 1.90 bits per heavy atom. The largest absolute Gasteiger partial charge is 0.345 e. The van der Waals surface area contributed by atoms with Crippen LogP contribution in [0.1, 0.15) is 30.2 Å². The first kappa shape index (κ1) is 14.0. The van der Waals surface area contributed by atoms with Crippen LogP contribution in [0.3, 0.4) is 0 Å². The fraction of sp³-hybridized carbons (Fsp3) is 0.357. The molecule has 0 bridgehead atoms. The van der Waals surface area contributed by atoms with E-state index in [-0.39, 0.29) is 17.5 Å². The van der Waals surface area contributed by atoms with E-state index in [0.29, 0.717) is 16.5 Å². The number of nitrogens with zero attached hydrogens (tertiary/aromatic N) is 2. The second-order valence-corrected chi connectivity index (χ2v) is 5.16. The predicted molar refractivity (Wildman–Crippen MR) is 77.2 cm³/mol. The number of hydrogen-bond donors (Lipinski definition) is 1. The maximum absolute atomic E-state index is 12.3. The molecule has 1 amide bonds. The van der Waals surface area contributed by atoms with Gasteiger partial charge in [-0.2, -0.15) is 0 Å². The minimum Gasteiger partial charge on any atom is -0.345 e. The summed E-state index contributed by atoms with van der Waals surface area (Å²) in [6, 6.07) is 4.47. The van der Waals surface area contributed by atoms with E-state index < -0.39 is 5.69 Å². The van der Waals surface area contributed by atoms with Crippen LogP contribution in [0.5, 0.6) is 0 Å². The van der Waals surface area contributed by atoms with Crippen molar-refractivity contribution in [3.8, 4) is 0 Å². The number of carbonyl (C=O) groups excluding carboxylic acids is 1. The lowest BCUT2D eigenvalue weighted by Crippen LogP contribution is -2.36. The Bertz CT molecular complexity index is 784. The van der Waals surface area contributed by atoms with Crippen LogP contribution in [0.2, 0.25) is 0 Å². The fourth-order valence-electron chi connectivity index (χ4n) is 2.09. The molecule has 6 heteroatoms. The number of aromatic nitrogens is 2. The molecule has 0 aliphatic carbocycles. The molecule has 106 valence electrons. The van der Waals surface area contributed by atoms with Crippen molar-refractivity contribution in [2.24, 2.45) is 0 Å². The fourth-order valence-corrected chi connectivity index (χ4v) is 2.09. The van der Waals surface area contributed by atoms with Crippen molar-refractivity contribution in [2.45, 2.75) is 19.9 Å². The maximum atomic E-state index is 12.3. The van der Waals surface area contributed by atoms with Gasteiger partial charge in [0.15, 0.2) is 0 Å². The first-order chi connectivity index (χ1) is 9.32. The van der Waals surface area contributed by atoms with E-state index >= 15 is 0 Å². The van der Waals surface area contributed by atoms with Crippen LogP contribution in [0.25, 0.3) is 10.9 Å². The van der Waals surface area contributed by atoms with Gasteiger partial charge in [0, 0.05) is 25.7 Å². The summed E-state index contributed by atoms with van der Waals surface area (Å²) >= 11 is 0. The van der Waals surface area contributed by atoms with Crippen molar-refractivity contribution < 1.29 is 4.79 Å². The highest BCUT2D eigenvalue weighted by atomic mass is 16.2.